The number of thiol groups is 1. The fourth-order valence-electron chi connectivity index (χ4n) is 6.06. The monoisotopic (exact) mass is 566 g/mol. The summed E-state index contributed by atoms with van der Waals surface area (Å²) in [4.78, 5) is 33.5. The minimum absolute atomic E-state index is 0.0461. The van der Waals surface area contributed by atoms with Gasteiger partial charge in [-0.15, -0.1) is 11.3 Å². The van der Waals surface area contributed by atoms with Gasteiger partial charge in [0.2, 0.25) is 0 Å². The van der Waals surface area contributed by atoms with Crippen LogP contribution in [0.15, 0.2) is 11.0 Å². The lowest BCUT2D eigenvalue weighted by Gasteiger charge is -2.34. The number of ketones is 1. The van der Waals surface area contributed by atoms with E-state index in [0.29, 0.717) is 6.42 Å². The van der Waals surface area contributed by atoms with Crippen molar-refractivity contribution in [2.75, 3.05) is 12.3 Å². The number of esters is 1. The summed E-state index contributed by atoms with van der Waals surface area (Å²) in [7, 11) is 0. The van der Waals surface area contributed by atoms with Crippen LogP contribution in [0, 0.1) is 24.2 Å². The number of aromatic nitrogens is 1. The van der Waals surface area contributed by atoms with Crippen molar-refractivity contribution in [2.45, 2.75) is 110 Å². The first-order valence-electron chi connectivity index (χ1n) is 13.8. The van der Waals surface area contributed by atoms with Crippen molar-refractivity contribution in [1.82, 2.24) is 9.88 Å². The maximum atomic E-state index is 13.3. The van der Waals surface area contributed by atoms with Crippen molar-refractivity contribution < 1.29 is 24.5 Å². The number of hydrogen-bond donors (Lipinski definition) is 3. The maximum absolute atomic E-state index is 13.3. The molecule has 0 aliphatic carbocycles. The summed E-state index contributed by atoms with van der Waals surface area (Å²) in [5.74, 6) is -0.756. The minimum Gasteiger partial charge on any atom is -0.458 e. The molecule has 3 rings (SSSR count). The summed E-state index contributed by atoms with van der Waals surface area (Å²) in [5, 5.41) is 24.9. The van der Waals surface area contributed by atoms with E-state index >= 15 is 0 Å². The highest BCUT2D eigenvalue weighted by molar-refractivity contribution is 7.80. The lowest BCUT2D eigenvalue weighted by Crippen LogP contribution is -2.45. The number of aliphatic hydroxyl groups excluding tert-OH is 2. The standard InChI is InChI=1S/C29H46N2O5S2/c1-17-9-8-10-29(7)23(31(29)11-12-37)14-22(18(2)13-21-16-38-20(4)30-21)36-25(33)15-24(32)28(5,6)27(35)19(3)26(17)34/h13,16-17,19,22-24,26,32,34,37H,8-12,14-15H2,1-7H3/b18-13+/t17-,19+,22-,23-,24-,26-,29+,31?/m0/s1. The molecule has 214 valence electrons. The second kappa shape index (κ2) is 12.5. The third-order valence-electron chi connectivity index (χ3n) is 8.93. The molecule has 0 spiro atoms. The number of cyclic esters (lactones) is 1. The van der Waals surface area contributed by atoms with E-state index in [0.717, 1.165) is 47.8 Å². The topological polar surface area (TPSA) is 99.7 Å². The molecule has 0 amide bonds. The molecule has 38 heavy (non-hydrogen) atoms. The van der Waals surface area contributed by atoms with Gasteiger partial charge < -0.3 is 14.9 Å². The maximum Gasteiger partial charge on any atom is 0.309 e. The average Bonchev–Trinajstić information content (AvgIpc) is 3.15. The van der Waals surface area contributed by atoms with Gasteiger partial charge in [-0.25, -0.2) is 4.98 Å². The molecular formula is C29H46N2O5S2. The van der Waals surface area contributed by atoms with E-state index in [-0.39, 0.29) is 29.7 Å². The average molecular weight is 567 g/mol. The van der Waals surface area contributed by atoms with Crippen LogP contribution in [0.2, 0.25) is 0 Å². The van der Waals surface area contributed by atoms with Crippen LogP contribution in [0.3, 0.4) is 0 Å². The third-order valence-corrected chi connectivity index (χ3v) is 9.93. The zero-order chi connectivity index (χ0) is 28.4. The Labute approximate surface area is 237 Å². The van der Waals surface area contributed by atoms with E-state index < -0.39 is 35.6 Å². The number of fused-ring (bicyclic) bond motifs is 1. The first-order valence-corrected chi connectivity index (χ1v) is 15.3. The van der Waals surface area contributed by atoms with Crippen molar-refractivity contribution in [1.29, 1.82) is 0 Å². The molecule has 1 aromatic heterocycles. The van der Waals surface area contributed by atoms with Crippen LogP contribution in [0.5, 0.6) is 0 Å². The predicted octanol–water partition coefficient (Wildman–Crippen LogP) is 4.69. The Hall–Kier alpha value is -1.26. The Morgan fingerprint density at radius 2 is 1.97 bits per heavy atom. The highest BCUT2D eigenvalue weighted by Crippen LogP contribution is 2.48. The van der Waals surface area contributed by atoms with Gasteiger partial charge in [-0.1, -0.05) is 34.1 Å². The molecule has 3 heterocycles. The zero-order valence-electron chi connectivity index (χ0n) is 23.9. The number of aryl methyl sites for hydroxylation is 1. The summed E-state index contributed by atoms with van der Waals surface area (Å²) in [5.41, 5.74) is 0.496. The molecule has 2 fully saturated rings. The molecule has 9 heteroatoms. The molecule has 8 atom stereocenters. The van der Waals surface area contributed by atoms with Crippen LogP contribution in [0.1, 0.15) is 84.3 Å². The summed E-state index contributed by atoms with van der Waals surface area (Å²) in [6.45, 7) is 14.0. The third kappa shape index (κ3) is 6.89. The quantitative estimate of drug-likeness (QED) is 0.276. The fourth-order valence-corrected chi connectivity index (χ4v) is 6.85. The van der Waals surface area contributed by atoms with Crippen molar-refractivity contribution in [2.24, 2.45) is 17.3 Å². The molecule has 2 saturated heterocycles. The van der Waals surface area contributed by atoms with Gasteiger partial charge in [0, 0.05) is 41.6 Å². The molecule has 2 aliphatic rings. The number of ether oxygens (including phenoxy) is 1. The number of carbonyl (C=O) groups is 2. The number of hydrogen-bond acceptors (Lipinski definition) is 9. The highest BCUT2D eigenvalue weighted by Gasteiger charge is 2.58. The molecule has 0 bridgehead atoms. The van der Waals surface area contributed by atoms with Gasteiger partial charge in [0.1, 0.15) is 11.9 Å². The lowest BCUT2D eigenvalue weighted by molar-refractivity contribution is -0.154. The van der Waals surface area contributed by atoms with E-state index in [4.69, 9.17) is 4.74 Å². The second-order valence-electron chi connectivity index (χ2n) is 12.1. The normalized spacial score (nSPS) is 37.4. The summed E-state index contributed by atoms with van der Waals surface area (Å²) in [6.07, 6.45) is 2.47. The lowest BCUT2D eigenvalue weighted by atomic mass is 9.73. The fraction of sp³-hybridized carbons (Fsp3) is 0.759. The largest absolute Gasteiger partial charge is 0.458 e. The SMILES string of the molecule is C/C(=C\c1csc(C)n1)[C@@H]1C[C@@H]2N(CCS)[C@]2(C)CCC[C@H](C)[C@H](O)[C@@H](C)C(=O)C(C)(C)[C@@H](O)CC(=O)O1. The molecule has 7 nitrogen and oxygen atoms in total. The zero-order valence-corrected chi connectivity index (χ0v) is 25.6. The van der Waals surface area contributed by atoms with E-state index in [1.54, 1.807) is 32.1 Å². The van der Waals surface area contributed by atoms with E-state index in [1.807, 2.05) is 32.2 Å². The highest BCUT2D eigenvalue weighted by atomic mass is 32.1. The minimum atomic E-state index is -1.22. The number of rotatable bonds is 4. The second-order valence-corrected chi connectivity index (χ2v) is 13.6. The molecule has 0 radical (unpaired) electrons. The van der Waals surface area contributed by atoms with Gasteiger partial charge in [-0.2, -0.15) is 12.6 Å². The summed E-state index contributed by atoms with van der Waals surface area (Å²) in [6, 6.07) is 0.225. The van der Waals surface area contributed by atoms with Crippen LogP contribution >= 0.6 is 24.0 Å². The van der Waals surface area contributed by atoms with Crippen LogP contribution in [0.25, 0.3) is 6.08 Å². The van der Waals surface area contributed by atoms with E-state index in [2.05, 4.69) is 29.4 Å². The molecule has 1 aromatic rings. The smallest absolute Gasteiger partial charge is 0.309 e. The molecule has 2 aliphatic heterocycles. The first kappa shape index (κ1) is 31.3. The van der Waals surface area contributed by atoms with Crippen molar-refractivity contribution >= 4 is 41.8 Å². The number of aliphatic hydroxyl groups is 2. The number of Topliss-reactive ketones (excluding diaryl/α,β-unsaturated/α-hetero) is 1. The Bertz CT molecular complexity index is 1020. The molecular weight excluding hydrogens is 520 g/mol. The first-order chi connectivity index (χ1) is 17.7. The van der Waals surface area contributed by atoms with Crippen molar-refractivity contribution in [3.05, 3.63) is 21.7 Å². The van der Waals surface area contributed by atoms with Crippen LogP contribution < -0.4 is 0 Å². The van der Waals surface area contributed by atoms with Gasteiger partial charge in [-0.05, 0) is 51.2 Å². The number of thiazole rings is 1. The van der Waals surface area contributed by atoms with Gasteiger partial charge in [-0.3, -0.25) is 14.5 Å². The van der Waals surface area contributed by atoms with Crippen LogP contribution in [-0.2, 0) is 14.3 Å². The molecule has 2 N–H and O–H groups in total. The molecule has 0 saturated carbocycles. The Morgan fingerprint density at radius 1 is 1.29 bits per heavy atom. The predicted molar refractivity (Wildman–Crippen MR) is 155 cm³/mol. The Kier molecular flexibility index (Phi) is 10.3. The van der Waals surface area contributed by atoms with Gasteiger partial charge >= 0.3 is 5.97 Å². The molecule has 1 unspecified atom stereocenters. The van der Waals surface area contributed by atoms with Gasteiger partial charge in [0.25, 0.3) is 0 Å². The Balaban J connectivity index is 1.93. The summed E-state index contributed by atoms with van der Waals surface area (Å²) >= 11 is 6.05. The Morgan fingerprint density at radius 3 is 2.58 bits per heavy atom. The molecule has 0 aromatic carbocycles. The van der Waals surface area contributed by atoms with Gasteiger partial charge in [0.05, 0.1) is 34.7 Å². The number of nitrogens with zero attached hydrogens (tertiary/aromatic N) is 2. The number of carbonyl (C=O) groups excluding carboxylic acids is 2. The van der Waals surface area contributed by atoms with Crippen molar-refractivity contribution in [3.63, 3.8) is 0 Å². The van der Waals surface area contributed by atoms with E-state index in [9.17, 15) is 19.8 Å². The van der Waals surface area contributed by atoms with Crippen molar-refractivity contribution in [3.8, 4) is 0 Å². The van der Waals surface area contributed by atoms with Crippen LogP contribution in [-0.4, -0.2) is 74.0 Å². The summed E-state index contributed by atoms with van der Waals surface area (Å²) < 4.78 is 6.03. The van der Waals surface area contributed by atoms with Crippen LogP contribution in [0.4, 0.5) is 0 Å². The van der Waals surface area contributed by atoms with E-state index in [1.165, 1.54) is 0 Å². The van der Waals surface area contributed by atoms with Gasteiger partial charge in [0.15, 0.2) is 0 Å².